The Balaban J connectivity index is 2.18. The van der Waals surface area contributed by atoms with Crippen LogP contribution in [0.25, 0.3) is 0 Å². The summed E-state index contributed by atoms with van der Waals surface area (Å²) in [5, 5.41) is 0. The molecule has 5 heteroatoms. The van der Waals surface area contributed by atoms with Gasteiger partial charge in [0.05, 0.1) is 0 Å². The monoisotopic (exact) mass is 263 g/mol. The number of likely N-dealkylation sites (tertiary alicyclic amines) is 1. The average molecular weight is 263 g/mol. The van der Waals surface area contributed by atoms with Crippen molar-refractivity contribution in [1.82, 2.24) is 14.9 Å². The molecule has 0 spiro atoms. The third-order valence-corrected chi connectivity index (χ3v) is 4.03. The van der Waals surface area contributed by atoms with Gasteiger partial charge in [-0.1, -0.05) is 13.3 Å². The van der Waals surface area contributed by atoms with Crippen molar-refractivity contribution in [2.45, 2.75) is 38.6 Å². The number of aromatic nitrogens is 2. The van der Waals surface area contributed by atoms with Gasteiger partial charge in [0.25, 0.3) is 0 Å². The summed E-state index contributed by atoms with van der Waals surface area (Å²) in [6, 6.07) is 0.557. The molecular formula is C14H25N5. The van der Waals surface area contributed by atoms with Crippen molar-refractivity contribution in [3.63, 3.8) is 0 Å². The second kappa shape index (κ2) is 6.19. The molecule has 0 saturated carbocycles. The number of nitrogens with zero attached hydrogens (tertiary/aromatic N) is 4. The summed E-state index contributed by atoms with van der Waals surface area (Å²) >= 11 is 0. The Kier molecular flexibility index (Phi) is 4.58. The van der Waals surface area contributed by atoms with Crippen LogP contribution in [0, 0.1) is 0 Å². The molecule has 0 aromatic carbocycles. The molecule has 1 saturated heterocycles. The van der Waals surface area contributed by atoms with E-state index in [2.05, 4.69) is 40.8 Å². The van der Waals surface area contributed by atoms with Gasteiger partial charge in [-0.3, -0.25) is 0 Å². The van der Waals surface area contributed by atoms with E-state index in [-0.39, 0.29) is 0 Å². The molecule has 106 valence electrons. The van der Waals surface area contributed by atoms with Crippen LogP contribution in [0.5, 0.6) is 0 Å². The Bertz CT molecular complexity index is 412. The lowest BCUT2D eigenvalue weighted by molar-refractivity contribution is 0.252. The molecule has 0 amide bonds. The molecule has 1 fully saturated rings. The molecule has 1 aromatic heterocycles. The Hall–Kier alpha value is -1.36. The zero-order chi connectivity index (χ0) is 13.8. The molecule has 1 aromatic rings. The first-order valence-corrected chi connectivity index (χ1v) is 7.14. The minimum Gasteiger partial charge on any atom is -0.383 e. The molecule has 2 N–H and O–H groups in total. The van der Waals surface area contributed by atoms with E-state index < -0.39 is 0 Å². The van der Waals surface area contributed by atoms with Crippen molar-refractivity contribution < 1.29 is 0 Å². The van der Waals surface area contributed by atoms with E-state index in [1.54, 1.807) is 6.33 Å². The Morgan fingerprint density at radius 1 is 1.37 bits per heavy atom. The molecule has 2 rings (SSSR count). The molecule has 19 heavy (non-hydrogen) atoms. The number of rotatable bonds is 4. The SMILES string of the molecule is CCCc1c(N)ncnc1N(C)C1CCN(C)CC1. The maximum absolute atomic E-state index is 6.01. The lowest BCUT2D eigenvalue weighted by Gasteiger charge is -2.36. The first-order chi connectivity index (χ1) is 9.13. The lowest BCUT2D eigenvalue weighted by Crippen LogP contribution is -2.42. The fourth-order valence-electron chi connectivity index (χ4n) is 2.77. The van der Waals surface area contributed by atoms with Crippen LogP contribution in [0.3, 0.4) is 0 Å². The Morgan fingerprint density at radius 2 is 2.05 bits per heavy atom. The number of anilines is 2. The maximum atomic E-state index is 6.01. The van der Waals surface area contributed by atoms with E-state index in [1.807, 2.05) is 0 Å². The molecule has 5 nitrogen and oxygen atoms in total. The fraction of sp³-hybridized carbons (Fsp3) is 0.714. The van der Waals surface area contributed by atoms with Gasteiger partial charge in [-0.15, -0.1) is 0 Å². The van der Waals surface area contributed by atoms with Crippen molar-refractivity contribution in [2.24, 2.45) is 0 Å². The van der Waals surface area contributed by atoms with E-state index >= 15 is 0 Å². The molecule has 2 heterocycles. The first kappa shape index (κ1) is 14.1. The van der Waals surface area contributed by atoms with E-state index in [4.69, 9.17) is 5.73 Å². The molecule has 0 aliphatic carbocycles. The maximum Gasteiger partial charge on any atom is 0.137 e. The van der Waals surface area contributed by atoms with Crippen LogP contribution in [-0.2, 0) is 6.42 Å². The van der Waals surface area contributed by atoms with E-state index in [1.165, 1.54) is 12.8 Å². The predicted molar refractivity (Wildman–Crippen MR) is 79.4 cm³/mol. The lowest BCUT2D eigenvalue weighted by atomic mass is 10.0. The summed E-state index contributed by atoms with van der Waals surface area (Å²) in [5.41, 5.74) is 7.11. The standard InChI is InChI=1S/C14H25N5/c1-4-5-12-13(15)16-10-17-14(12)19(3)11-6-8-18(2)9-7-11/h10-11H,4-9H2,1-3H3,(H2,15,16,17). The van der Waals surface area contributed by atoms with E-state index in [0.29, 0.717) is 11.9 Å². The third kappa shape index (κ3) is 3.15. The highest BCUT2D eigenvalue weighted by atomic mass is 15.2. The minimum atomic E-state index is 0.557. The average Bonchev–Trinajstić information content (AvgIpc) is 2.41. The molecule has 0 atom stereocenters. The van der Waals surface area contributed by atoms with Gasteiger partial charge in [0.2, 0.25) is 0 Å². The number of hydrogen-bond acceptors (Lipinski definition) is 5. The highest BCUT2D eigenvalue weighted by Gasteiger charge is 2.23. The van der Waals surface area contributed by atoms with Crippen LogP contribution >= 0.6 is 0 Å². The highest BCUT2D eigenvalue weighted by Crippen LogP contribution is 2.26. The molecule has 1 aliphatic heterocycles. The van der Waals surface area contributed by atoms with Crippen LogP contribution in [0.4, 0.5) is 11.6 Å². The molecule has 1 aliphatic rings. The van der Waals surface area contributed by atoms with Crippen molar-refractivity contribution in [1.29, 1.82) is 0 Å². The van der Waals surface area contributed by atoms with Crippen LogP contribution in [0.2, 0.25) is 0 Å². The van der Waals surface area contributed by atoms with Crippen molar-refractivity contribution in [3.8, 4) is 0 Å². The topological polar surface area (TPSA) is 58.3 Å². The summed E-state index contributed by atoms with van der Waals surface area (Å²) in [4.78, 5) is 13.3. The molecule has 0 radical (unpaired) electrons. The quantitative estimate of drug-likeness (QED) is 0.893. The summed E-state index contributed by atoms with van der Waals surface area (Å²) < 4.78 is 0. The Labute approximate surface area is 115 Å². The van der Waals surface area contributed by atoms with Crippen LogP contribution < -0.4 is 10.6 Å². The van der Waals surface area contributed by atoms with Crippen molar-refractivity contribution in [3.05, 3.63) is 11.9 Å². The van der Waals surface area contributed by atoms with Gasteiger partial charge in [0.15, 0.2) is 0 Å². The van der Waals surface area contributed by atoms with Gasteiger partial charge in [-0.2, -0.15) is 0 Å². The number of hydrogen-bond donors (Lipinski definition) is 1. The van der Waals surface area contributed by atoms with Gasteiger partial charge in [0, 0.05) is 18.7 Å². The van der Waals surface area contributed by atoms with Crippen molar-refractivity contribution >= 4 is 11.6 Å². The van der Waals surface area contributed by atoms with Crippen molar-refractivity contribution in [2.75, 3.05) is 37.8 Å². The predicted octanol–water partition coefficient (Wildman–Crippen LogP) is 1.54. The van der Waals surface area contributed by atoms with Crippen LogP contribution in [0.15, 0.2) is 6.33 Å². The number of nitrogens with two attached hydrogens (primary N) is 1. The molecule has 0 unspecified atom stereocenters. The summed E-state index contributed by atoms with van der Waals surface area (Å²) in [6.45, 7) is 4.46. The summed E-state index contributed by atoms with van der Waals surface area (Å²) in [7, 11) is 4.32. The highest BCUT2D eigenvalue weighted by molar-refractivity contribution is 5.56. The van der Waals surface area contributed by atoms with Gasteiger partial charge < -0.3 is 15.5 Å². The Morgan fingerprint density at radius 3 is 2.68 bits per heavy atom. The zero-order valence-electron chi connectivity index (χ0n) is 12.3. The largest absolute Gasteiger partial charge is 0.383 e. The van der Waals surface area contributed by atoms with E-state index in [9.17, 15) is 0 Å². The smallest absolute Gasteiger partial charge is 0.137 e. The van der Waals surface area contributed by atoms with Crippen LogP contribution in [-0.4, -0.2) is 48.1 Å². The fourth-order valence-corrected chi connectivity index (χ4v) is 2.77. The van der Waals surface area contributed by atoms with E-state index in [0.717, 1.165) is 37.3 Å². The molecule has 0 bridgehead atoms. The van der Waals surface area contributed by atoms with Gasteiger partial charge >= 0.3 is 0 Å². The number of piperidine rings is 1. The van der Waals surface area contributed by atoms with Gasteiger partial charge in [-0.05, 0) is 39.4 Å². The summed E-state index contributed by atoms with van der Waals surface area (Å²) in [5.74, 6) is 1.65. The summed E-state index contributed by atoms with van der Waals surface area (Å²) in [6.07, 6.45) is 5.95. The second-order valence-electron chi connectivity index (χ2n) is 5.46. The molecular weight excluding hydrogens is 238 g/mol. The van der Waals surface area contributed by atoms with Gasteiger partial charge in [-0.25, -0.2) is 9.97 Å². The third-order valence-electron chi connectivity index (χ3n) is 4.03. The first-order valence-electron chi connectivity index (χ1n) is 7.14. The zero-order valence-corrected chi connectivity index (χ0v) is 12.3. The van der Waals surface area contributed by atoms with Crippen LogP contribution in [0.1, 0.15) is 31.7 Å². The second-order valence-corrected chi connectivity index (χ2v) is 5.46. The normalized spacial score (nSPS) is 17.6. The van der Waals surface area contributed by atoms with Gasteiger partial charge in [0.1, 0.15) is 18.0 Å². The number of nitrogen functional groups attached to an aromatic ring is 1. The minimum absolute atomic E-state index is 0.557.